The van der Waals surface area contributed by atoms with Crippen LogP contribution in [0.1, 0.15) is 43.0 Å². The topological polar surface area (TPSA) is 83.1 Å². The van der Waals surface area contributed by atoms with Gasteiger partial charge < -0.3 is 9.52 Å². The summed E-state index contributed by atoms with van der Waals surface area (Å²) in [5.41, 5.74) is 1.67. The molecule has 0 bridgehead atoms. The van der Waals surface area contributed by atoms with E-state index in [4.69, 9.17) is 9.52 Å². The van der Waals surface area contributed by atoms with Crippen molar-refractivity contribution in [1.29, 1.82) is 0 Å². The fourth-order valence-corrected chi connectivity index (χ4v) is 3.23. The summed E-state index contributed by atoms with van der Waals surface area (Å²) in [5.74, 6) is -0.453. The summed E-state index contributed by atoms with van der Waals surface area (Å²) in [6, 6.07) is 11.1. The Morgan fingerprint density at radius 1 is 1.28 bits per heavy atom. The van der Waals surface area contributed by atoms with E-state index in [1.165, 1.54) is 5.01 Å². The van der Waals surface area contributed by atoms with Gasteiger partial charge >= 0.3 is 5.97 Å². The van der Waals surface area contributed by atoms with Gasteiger partial charge in [0.25, 0.3) is 0 Å². The molecule has 1 N–H and O–H groups in total. The molecule has 1 aromatic carbocycles. The van der Waals surface area contributed by atoms with E-state index in [9.17, 15) is 9.59 Å². The first-order chi connectivity index (χ1) is 12.0. The number of carboxylic acids is 1. The lowest BCUT2D eigenvalue weighted by molar-refractivity contribution is -0.137. The van der Waals surface area contributed by atoms with E-state index >= 15 is 0 Å². The van der Waals surface area contributed by atoms with Crippen LogP contribution in [-0.2, 0) is 9.59 Å². The van der Waals surface area contributed by atoms with Crippen molar-refractivity contribution in [2.24, 2.45) is 5.10 Å². The van der Waals surface area contributed by atoms with Gasteiger partial charge in [-0.3, -0.25) is 9.59 Å². The smallest absolute Gasteiger partial charge is 0.303 e. The molecule has 0 saturated carbocycles. The molecule has 0 radical (unpaired) electrons. The molecule has 1 amide bonds. The Morgan fingerprint density at radius 3 is 2.80 bits per heavy atom. The van der Waals surface area contributed by atoms with Crippen molar-refractivity contribution in [3.8, 4) is 0 Å². The number of carboxylic acid groups (broad SMARTS) is 1. The highest BCUT2D eigenvalue weighted by atomic mass is 79.9. The van der Waals surface area contributed by atoms with Crippen molar-refractivity contribution in [1.82, 2.24) is 5.01 Å². The number of hydrazone groups is 1. The molecule has 1 aliphatic heterocycles. The van der Waals surface area contributed by atoms with E-state index in [0.717, 1.165) is 10.0 Å². The number of hydrogen-bond acceptors (Lipinski definition) is 4. The second-order valence-corrected chi connectivity index (χ2v) is 6.70. The van der Waals surface area contributed by atoms with Crippen molar-refractivity contribution < 1.29 is 19.1 Å². The zero-order chi connectivity index (χ0) is 17.8. The maximum absolute atomic E-state index is 12.6. The first-order valence-corrected chi connectivity index (χ1v) is 8.74. The molecule has 1 atom stereocenters. The van der Waals surface area contributed by atoms with Gasteiger partial charge in [0.05, 0.1) is 12.3 Å². The lowest BCUT2D eigenvalue weighted by Gasteiger charge is -2.22. The molecule has 1 aromatic heterocycles. The zero-order valence-corrected chi connectivity index (χ0v) is 15.0. The van der Waals surface area contributed by atoms with Crippen LogP contribution in [0.15, 0.2) is 56.7 Å². The Hall–Kier alpha value is -2.41. The molecular weight excluding hydrogens is 388 g/mol. The van der Waals surface area contributed by atoms with Gasteiger partial charge in [-0.25, -0.2) is 5.01 Å². The van der Waals surface area contributed by atoms with Crippen LogP contribution in [0, 0.1) is 0 Å². The van der Waals surface area contributed by atoms with Crippen molar-refractivity contribution in [3.05, 3.63) is 58.5 Å². The van der Waals surface area contributed by atoms with Crippen molar-refractivity contribution in [3.63, 3.8) is 0 Å². The van der Waals surface area contributed by atoms with Gasteiger partial charge in [0.2, 0.25) is 5.91 Å². The number of rotatable bonds is 6. The van der Waals surface area contributed by atoms with E-state index in [1.54, 1.807) is 12.3 Å². The Kier molecular flexibility index (Phi) is 5.33. The molecule has 0 fully saturated rings. The molecule has 6 nitrogen and oxygen atoms in total. The van der Waals surface area contributed by atoms with Crippen LogP contribution in [-0.4, -0.2) is 27.7 Å². The highest BCUT2D eigenvalue weighted by Crippen LogP contribution is 2.34. The van der Waals surface area contributed by atoms with Crippen LogP contribution in [0.2, 0.25) is 0 Å². The number of hydrogen-bond donors (Lipinski definition) is 1. The summed E-state index contributed by atoms with van der Waals surface area (Å²) in [7, 11) is 0. The van der Waals surface area contributed by atoms with Crippen LogP contribution in [0.5, 0.6) is 0 Å². The van der Waals surface area contributed by atoms with E-state index < -0.39 is 5.97 Å². The molecule has 3 rings (SSSR count). The molecular formula is C18H17BrN2O4. The third-order valence-corrected chi connectivity index (χ3v) is 4.48. The van der Waals surface area contributed by atoms with Crippen molar-refractivity contribution in [2.75, 3.05) is 0 Å². The van der Waals surface area contributed by atoms with Crippen molar-refractivity contribution >= 4 is 33.5 Å². The van der Waals surface area contributed by atoms with E-state index in [0.29, 0.717) is 24.3 Å². The minimum Gasteiger partial charge on any atom is -0.481 e. The quantitative estimate of drug-likeness (QED) is 0.788. The Bertz CT molecular complexity index is 801. The lowest BCUT2D eigenvalue weighted by atomic mass is 10.0. The number of aliphatic carboxylic acids is 1. The van der Waals surface area contributed by atoms with Gasteiger partial charge in [-0.15, -0.1) is 0 Å². The second-order valence-electron chi connectivity index (χ2n) is 5.78. The molecule has 0 spiro atoms. The number of nitrogens with zero attached hydrogens (tertiary/aromatic N) is 2. The van der Waals surface area contributed by atoms with Crippen LogP contribution in [0.3, 0.4) is 0 Å². The van der Waals surface area contributed by atoms with Gasteiger partial charge in [0.15, 0.2) is 0 Å². The lowest BCUT2D eigenvalue weighted by Crippen LogP contribution is -2.27. The average Bonchev–Trinajstić information content (AvgIpc) is 3.24. The highest BCUT2D eigenvalue weighted by Gasteiger charge is 2.33. The van der Waals surface area contributed by atoms with Crippen LogP contribution in [0.4, 0.5) is 0 Å². The van der Waals surface area contributed by atoms with Gasteiger partial charge in [-0.1, -0.05) is 28.1 Å². The summed E-state index contributed by atoms with van der Waals surface area (Å²) < 4.78 is 6.34. The summed E-state index contributed by atoms with van der Waals surface area (Å²) in [5, 5.41) is 14.7. The third-order valence-electron chi connectivity index (χ3n) is 3.99. The maximum Gasteiger partial charge on any atom is 0.303 e. The highest BCUT2D eigenvalue weighted by molar-refractivity contribution is 9.10. The number of carbonyl (C=O) groups excluding carboxylic acids is 1. The molecule has 2 heterocycles. The Labute approximate surface area is 153 Å². The predicted octanol–water partition coefficient (Wildman–Crippen LogP) is 3.97. The summed E-state index contributed by atoms with van der Waals surface area (Å²) in [6.45, 7) is 0. The molecule has 0 saturated heterocycles. The van der Waals surface area contributed by atoms with Crippen LogP contribution in [0.25, 0.3) is 0 Å². The molecule has 0 aliphatic carbocycles. The standard InChI is InChI=1S/C18H17BrN2O4/c19-13-5-1-4-12(10-13)15-11-14(16-6-3-9-25-16)20-21(15)17(22)7-2-8-18(23)24/h1,3-6,9-10,15H,2,7-8,11H2,(H,23,24)/t15-/m1/s1. The first kappa shape index (κ1) is 17.4. The van der Waals surface area contributed by atoms with Gasteiger partial charge in [-0.05, 0) is 36.2 Å². The maximum atomic E-state index is 12.6. The molecule has 7 heteroatoms. The molecule has 1 aliphatic rings. The monoisotopic (exact) mass is 404 g/mol. The van der Waals surface area contributed by atoms with Gasteiger partial charge in [-0.2, -0.15) is 5.10 Å². The minimum atomic E-state index is -0.905. The summed E-state index contributed by atoms with van der Waals surface area (Å²) >= 11 is 3.45. The normalized spacial score (nSPS) is 16.8. The Balaban J connectivity index is 1.83. The van der Waals surface area contributed by atoms with Gasteiger partial charge in [0, 0.05) is 23.7 Å². The molecule has 2 aromatic rings. The first-order valence-electron chi connectivity index (χ1n) is 7.95. The van der Waals surface area contributed by atoms with E-state index in [-0.39, 0.29) is 24.8 Å². The van der Waals surface area contributed by atoms with E-state index in [1.807, 2.05) is 30.3 Å². The molecule has 0 unspecified atom stereocenters. The van der Waals surface area contributed by atoms with Crippen molar-refractivity contribution in [2.45, 2.75) is 31.7 Å². The van der Waals surface area contributed by atoms with Crippen LogP contribution >= 0.6 is 15.9 Å². The number of carbonyl (C=O) groups is 2. The number of amides is 1. The third kappa shape index (κ3) is 4.17. The largest absolute Gasteiger partial charge is 0.481 e. The summed E-state index contributed by atoms with van der Waals surface area (Å²) in [6.07, 6.45) is 2.53. The second kappa shape index (κ2) is 7.65. The SMILES string of the molecule is O=C(O)CCCC(=O)N1N=C(c2ccco2)C[C@@H]1c1cccc(Br)c1. The van der Waals surface area contributed by atoms with E-state index in [2.05, 4.69) is 21.0 Å². The Morgan fingerprint density at radius 2 is 2.12 bits per heavy atom. The number of benzene rings is 1. The fraction of sp³-hybridized carbons (Fsp3) is 0.278. The predicted molar refractivity (Wildman–Crippen MR) is 95.1 cm³/mol. The number of furan rings is 1. The fourth-order valence-electron chi connectivity index (χ4n) is 2.81. The zero-order valence-electron chi connectivity index (χ0n) is 13.4. The number of halogens is 1. The van der Waals surface area contributed by atoms with Gasteiger partial charge in [0.1, 0.15) is 11.5 Å². The molecule has 130 valence electrons. The molecule has 25 heavy (non-hydrogen) atoms. The summed E-state index contributed by atoms with van der Waals surface area (Å²) in [4.78, 5) is 23.3. The van der Waals surface area contributed by atoms with Crippen LogP contribution < -0.4 is 0 Å². The minimum absolute atomic E-state index is 0.0319. The average molecular weight is 405 g/mol.